The van der Waals surface area contributed by atoms with Crippen LogP contribution in [0, 0.1) is 0 Å². The number of carbonyl (C=O) groups is 1. The molecule has 2 fully saturated rings. The number of ether oxygens (including phenoxy) is 2. The maximum atomic E-state index is 12.3. The van der Waals surface area contributed by atoms with E-state index in [4.69, 9.17) is 9.47 Å². The van der Waals surface area contributed by atoms with E-state index in [2.05, 4.69) is 5.32 Å². The number of piperidine rings is 1. The molecule has 110 valence electrons. The third-order valence-electron chi connectivity index (χ3n) is 3.59. The molecule has 1 amide bonds. The van der Waals surface area contributed by atoms with Gasteiger partial charge in [-0.2, -0.15) is 0 Å². The largest absolute Gasteiger partial charge is 0.444 e. The van der Waals surface area contributed by atoms with E-state index in [-0.39, 0.29) is 18.2 Å². The molecule has 19 heavy (non-hydrogen) atoms. The maximum Gasteiger partial charge on any atom is 0.410 e. The predicted octanol–water partition coefficient (Wildman–Crippen LogP) is 1.76. The molecule has 0 aromatic rings. The molecule has 5 nitrogen and oxygen atoms in total. The third kappa shape index (κ3) is 4.08. The Kier molecular flexibility index (Phi) is 4.68. The molecule has 2 unspecified atom stereocenters. The van der Waals surface area contributed by atoms with Gasteiger partial charge in [-0.25, -0.2) is 4.79 Å². The van der Waals surface area contributed by atoms with Crippen LogP contribution in [-0.2, 0) is 9.47 Å². The Bertz CT molecular complexity index is 308. The topological polar surface area (TPSA) is 50.8 Å². The van der Waals surface area contributed by atoms with Crippen LogP contribution in [-0.4, -0.2) is 55.0 Å². The van der Waals surface area contributed by atoms with Gasteiger partial charge in [0.25, 0.3) is 0 Å². The molecule has 0 aromatic heterocycles. The predicted molar refractivity (Wildman–Crippen MR) is 73.2 cm³/mol. The highest BCUT2D eigenvalue weighted by Gasteiger charge is 2.35. The molecule has 2 saturated heterocycles. The molecule has 2 rings (SSSR count). The molecule has 0 bridgehead atoms. The Morgan fingerprint density at radius 3 is 2.79 bits per heavy atom. The van der Waals surface area contributed by atoms with E-state index in [1.807, 2.05) is 25.7 Å². The fourth-order valence-corrected chi connectivity index (χ4v) is 2.76. The van der Waals surface area contributed by atoms with Crippen LogP contribution >= 0.6 is 0 Å². The van der Waals surface area contributed by atoms with Crippen molar-refractivity contribution in [3.8, 4) is 0 Å². The van der Waals surface area contributed by atoms with Crippen molar-refractivity contribution < 1.29 is 14.3 Å². The molecule has 2 aliphatic rings. The van der Waals surface area contributed by atoms with E-state index in [9.17, 15) is 4.79 Å². The van der Waals surface area contributed by atoms with Crippen LogP contribution < -0.4 is 5.32 Å². The summed E-state index contributed by atoms with van der Waals surface area (Å²) in [5.74, 6) is 0. The smallest absolute Gasteiger partial charge is 0.410 e. The van der Waals surface area contributed by atoms with Gasteiger partial charge < -0.3 is 19.7 Å². The van der Waals surface area contributed by atoms with Crippen molar-refractivity contribution >= 4 is 6.09 Å². The lowest BCUT2D eigenvalue weighted by molar-refractivity contribution is -0.0111. The summed E-state index contributed by atoms with van der Waals surface area (Å²) in [7, 11) is 0. The Hall–Kier alpha value is -0.810. The van der Waals surface area contributed by atoms with Gasteiger partial charge in [0.2, 0.25) is 0 Å². The van der Waals surface area contributed by atoms with Gasteiger partial charge in [0, 0.05) is 13.1 Å². The van der Waals surface area contributed by atoms with Gasteiger partial charge >= 0.3 is 6.09 Å². The fourth-order valence-electron chi connectivity index (χ4n) is 2.76. The minimum atomic E-state index is -0.435. The lowest BCUT2D eigenvalue weighted by Gasteiger charge is -2.42. The van der Waals surface area contributed by atoms with Crippen LogP contribution in [0.1, 0.15) is 40.0 Å². The number of nitrogens with one attached hydrogen (secondary N) is 1. The minimum absolute atomic E-state index is 0.190. The highest BCUT2D eigenvalue weighted by molar-refractivity contribution is 5.68. The summed E-state index contributed by atoms with van der Waals surface area (Å²) in [6.45, 7) is 8.82. The summed E-state index contributed by atoms with van der Waals surface area (Å²) in [6, 6.07) is 0.436. The van der Waals surface area contributed by atoms with Crippen molar-refractivity contribution in [2.45, 2.75) is 57.7 Å². The van der Waals surface area contributed by atoms with Gasteiger partial charge in [-0.1, -0.05) is 0 Å². The molecule has 0 saturated carbocycles. The Labute approximate surface area is 115 Å². The Morgan fingerprint density at radius 1 is 1.37 bits per heavy atom. The molecule has 0 aromatic carbocycles. The van der Waals surface area contributed by atoms with Crippen molar-refractivity contribution in [3.05, 3.63) is 0 Å². The second kappa shape index (κ2) is 6.09. The van der Waals surface area contributed by atoms with E-state index >= 15 is 0 Å². The van der Waals surface area contributed by atoms with E-state index in [1.54, 1.807) is 0 Å². The Balaban J connectivity index is 2.00. The molecule has 0 radical (unpaired) electrons. The normalized spacial score (nSPS) is 29.1. The first-order valence-corrected chi connectivity index (χ1v) is 7.28. The average molecular weight is 270 g/mol. The molecule has 5 heteroatoms. The first-order chi connectivity index (χ1) is 8.97. The second-order valence-electron chi connectivity index (χ2n) is 6.37. The molecular formula is C14H26N2O3. The molecule has 1 N–H and O–H groups in total. The SMILES string of the molecule is CC(C)(C)OC(=O)N1CCCCC1C1COCCN1. The van der Waals surface area contributed by atoms with Gasteiger partial charge in [-0.05, 0) is 40.0 Å². The monoisotopic (exact) mass is 270 g/mol. The van der Waals surface area contributed by atoms with Crippen molar-refractivity contribution in [2.24, 2.45) is 0 Å². The lowest BCUT2D eigenvalue weighted by Crippen LogP contribution is -2.58. The standard InChI is InChI=1S/C14H26N2O3/c1-14(2,3)19-13(17)16-8-5-4-6-12(16)11-10-18-9-7-15-11/h11-12,15H,4-10H2,1-3H3. The number of amides is 1. The zero-order valence-electron chi connectivity index (χ0n) is 12.3. The molecular weight excluding hydrogens is 244 g/mol. The zero-order chi connectivity index (χ0) is 13.9. The van der Waals surface area contributed by atoms with Crippen molar-refractivity contribution in [1.82, 2.24) is 10.2 Å². The lowest BCUT2D eigenvalue weighted by atomic mass is 9.96. The molecule has 0 spiro atoms. The van der Waals surface area contributed by atoms with Crippen LogP contribution in [0.3, 0.4) is 0 Å². The van der Waals surface area contributed by atoms with Gasteiger partial charge in [-0.3, -0.25) is 0 Å². The maximum absolute atomic E-state index is 12.3. The zero-order valence-corrected chi connectivity index (χ0v) is 12.3. The third-order valence-corrected chi connectivity index (χ3v) is 3.59. The van der Waals surface area contributed by atoms with E-state index < -0.39 is 5.60 Å². The van der Waals surface area contributed by atoms with Gasteiger partial charge in [-0.15, -0.1) is 0 Å². The number of carbonyl (C=O) groups excluding carboxylic acids is 1. The summed E-state index contributed by atoms with van der Waals surface area (Å²) in [6.07, 6.45) is 3.07. The van der Waals surface area contributed by atoms with Gasteiger partial charge in [0.1, 0.15) is 5.60 Å². The van der Waals surface area contributed by atoms with Crippen LogP contribution in [0.15, 0.2) is 0 Å². The second-order valence-corrected chi connectivity index (χ2v) is 6.37. The summed E-state index contributed by atoms with van der Waals surface area (Å²) >= 11 is 0. The van der Waals surface area contributed by atoms with Crippen LogP contribution in [0.25, 0.3) is 0 Å². The number of morpholine rings is 1. The molecule has 2 heterocycles. The van der Waals surface area contributed by atoms with E-state index in [0.29, 0.717) is 6.61 Å². The quantitative estimate of drug-likeness (QED) is 0.789. The number of nitrogens with zero attached hydrogens (tertiary/aromatic N) is 1. The fraction of sp³-hybridized carbons (Fsp3) is 0.929. The highest BCUT2D eigenvalue weighted by atomic mass is 16.6. The molecule has 2 atom stereocenters. The minimum Gasteiger partial charge on any atom is -0.444 e. The summed E-state index contributed by atoms with van der Waals surface area (Å²) in [5, 5.41) is 3.46. The van der Waals surface area contributed by atoms with Crippen LogP contribution in [0.4, 0.5) is 4.79 Å². The number of likely N-dealkylation sites (tertiary alicyclic amines) is 1. The van der Waals surface area contributed by atoms with Gasteiger partial charge in [0.15, 0.2) is 0 Å². The number of rotatable bonds is 1. The van der Waals surface area contributed by atoms with E-state index in [1.165, 1.54) is 6.42 Å². The van der Waals surface area contributed by atoms with Crippen LogP contribution in [0.5, 0.6) is 0 Å². The van der Waals surface area contributed by atoms with E-state index in [0.717, 1.165) is 32.5 Å². The Morgan fingerprint density at radius 2 is 2.16 bits per heavy atom. The first-order valence-electron chi connectivity index (χ1n) is 7.28. The highest BCUT2D eigenvalue weighted by Crippen LogP contribution is 2.23. The average Bonchev–Trinajstić information content (AvgIpc) is 2.38. The summed E-state index contributed by atoms with van der Waals surface area (Å²) in [5.41, 5.74) is -0.435. The van der Waals surface area contributed by atoms with Crippen molar-refractivity contribution in [3.63, 3.8) is 0 Å². The summed E-state index contributed by atoms with van der Waals surface area (Å²) in [4.78, 5) is 14.2. The van der Waals surface area contributed by atoms with Crippen molar-refractivity contribution in [2.75, 3.05) is 26.3 Å². The van der Waals surface area contributed by atoms with Crippen LogP contribution in [0.2, 0.25) is 0 Å². The number of hydrogen-bond acceptors (Lipinski definition) is 4. The first kappa shape index (κ1) is 14.6. The summed E-state index contributed by atoms with van der Waals surface area (Å²) < 4.78 is 11.0. The number of hydrogen-bond donors (Lipinski definition) is 1. The molecule has 0 aliphatic carbocycles. The molecule has 2 aliphatic heterocycles. The van der Waals surface area contributed by atoms with Crippen molar-refractivity contribution in [1.29, 1.82) is 0 Å². The van der Waals surface area contributed by atoms with Gasteiger partial charge in [0.05, 0.1) is 25.3 Å².